The molecule has 3 rings (SSSR count). The minimum Gasteiger partial charge on any atom is -0.486 e. The summed E-state index contributed by atoms with van der Waals surface area (Å²) in [6.07, 6.45) is 0.910. The van der Waals surface area contributed by atoms with E-state index in [1.807, 2.05) is 24.3 Å². The van der Waals surface area contributed by atoms with Gasteiger partial charge in [-0.2, -0.15) is 0 Å². The lowest BCUT2D eigenvalue weighted by molar-refractivity contribution is 0.0944. The van der Waals surface area contributed by atoms with Crippen molar-refractivity contribution in [2.75, 3.05) is 26.2 Å². The summed E-state index contributed by atoms with van der Waals surface area (Å²) in [5.41, 5.74) is 0. The Bertz CT molecular complexity index is 465. The van der Waals surface area contributed by atoms with Crippen LogP contribution in [0.3, 0.4) is 0 Å². The molecular formula is C14H19ClN2O2. The van der Waals surface area contributed by atoms with Gasteiger partial charge in [-0.3, -0.25) is 4.99 Å². The summed E-state index contributed by atoms with van der Waals surface area (Å²) < 4.78 is 11.7. The molecule has 2 heterocycles. The van der Waals surface area contributed by atoms with E-state index in [2.05, 4.69) is 16.8 Å². The molecule has 4 nitrogen and oxygen atoms in total. The number of benzene rings is 1. The average molecular weight is 283 g/mol. The van der Waals surface area contributed by atoms with Crippen LogP contribution in [0.25, 0.3) is 0 Å². The van der Waals surface area contributed by atoms with Crippen LogP contribution in [-0.4, -0.2) is 43.1 Å². The maximum absolute atomic E-state index is 5.95. The number of rotatable bonds is 3. The summed E-state index contributed by atoms with van der Waals surface area (Å²) >= 11 is 0. The van der Waals surface area contributed by atoms with E-state index in [9.17, 15) is 0 Å². The average Bonchev–Trinajstić information content (AvgIpc) is 2.86. The van der Waals surface area contributed by atoms with Crippen molar-refractivity contribution in [3.8, 4) is 11.5 Å². The van der Waals surface area contributed by atoms with Gasteiger partial charge < -0.3 is 14.4 Å². The van der Waals surface area contributed by atoms with Gasteiger partial charge in [0.2, 0.25) is 0 Å². The Hall–Kier alpha value is -1.42. The summed E-state index contributed by atoms with van der Waals surface area (Å²) in [5.74, 6) is 2.84. The second-order valence-electron chi connectivity index (χ2n) is 4.58. The fraction of sp³-hybridized carbons (Fsp3) is 0.500. The number of amidine groups is 1. The molecule has 0 N–H and O–H groups in total. The van der Waals surface area contributed by atoms with E-state index < -0.39 is 0 Å². The first kappa shape index (κ1) is 14.0. The first-order valence-electron chi connectivity index (χ1n) is 6.53. The smallest absolute Gasteiger partial charge is 0.161 e. The molecule has 0 spiro atoms. The summed E-state index contributed by atoms with van der Waals surface area (Å²) in [7, 11) is 0. The van der Waals surface area contributed by atoms with Crippen molar-refractivity contribution in [2.24, 2.45) is 4.99 Å². The minimum atomic E-state index is 0. The third-order valence-corrected chi connectivity index (χ3v) is 3.39. The van der Waals surface area contributed by atoms with Crippen LogP contribution in [0.5, 0.6) is 11.5 Å². The van der Waals surface area contributed by atoms with Gasteiger partial charge in [-0.25, -0.2) is 0 Å². The Balaban J connectivity index is 0.00000133. The molecule has 0 fully saturated rings. The monoisotopic (exact) mass is 282 g/mol. The van der Waals surface area contributed by atoms with Gasteiger partial charge in [0.05, 0.1) is 6.54 Å². The van der Waals surface area contributed by atoms with Crippen LogP contribution in [-0.2, 0) is 0 Å². The number of aliphatic imine (C=N–C) groups is 1. The Kier molecular flexibility index (Phi) is 4.53. The molecular weight excluding hydrogens is 264 g/mol. The third-order valence-electron chi connectivity index (χ3n) is 3.39. The van der Waals surface area contributed by atoms with Crippen molar-refractivity contribution in [1.82, 2.24) is 4.90 Å². The van der Waals surface area contributed by atoms with E-state index in [4.69, 9.17) is 9.47 Å². The van der Waals surface area contributed by atoms with Crippen molar-refractivity contribution >= 4 is 18.2 Å². The molecule has 0 saturated carbocycles. The molecule has 0 bridgehead atoms. The molecule has 104 valence electrons. The van der Waals surface area contributed by atoms with Gasteiger partial charge in [0.25, 0.3) is 0 Å². The SMILES string of the molecule is CCN1CCN=C1CC1COc2ccccc2O1.Cl. The Morgan fingerprint density at radius 3 is 2.89 bits per heavy atom. The second-order valence-corrected chi connectivity index (χ2v) is 4.58. The number of hydrogen-bond acceptors (Lipinski definition) is 4. The fourth-order valence-electron chi connectivity index (χ4n) is 2.43. The van der Waals surface area contributed by atoms with Crippen molar-refractivity contribution in [3.05, 3.63) is 24.3 Å². The van der Waals surface area contributed by atoms with E-state index in [1.165, 1.54) is 0 Å². The molecule has 1 aromatic rings. The molecule has 19 heavy (non-hydrogen) atoms. The Labute approximate surface area is 119 Å². The van der Waals surface area contributed by atoms with Crippen molar-refractivity contribution < 1.29 is 9.47 Å². The molecule has 2 aliphatic rings. The van der Waals surface area contributed by atoms with Crippen LogP contribution in [0.2, 0.25) is 0 Å². The number of ether oxygens (including phenoxy) is 2. The van der Waals surface area contributed by atoms with Crippen molar-refractivity contribution in [1.29, 1.82) is 0 Å². The molecule has 0 amide bonds. The highest BCUT2D eigenvalue weighted by molar-refractivity contribution is 5.85. The molecule has 1 aromatic carbocycles. The maximum Gasteiger partial charge on any atom is 0.161 e. The number of hydrogen-bond donors (Lipinski definition) is 0. The Morgan fingerprint density at radius 1 is 1.32 bits per heavy atom. The Morgan fingerprint density at radius 2 is 2.11 bits per heavy atom. The van der Waals surface area contributed by atoms with Gasteiger partial charge in [-0.05, 0) is 19.1 Å². The largest absolute Gasteiger partial charge is 0.486 e. The van der Waals surface area contributed by atoms with Gasteiger partial charge in [0, 0.05) is 19.5 Å². The lowest BCUT2D eigenvalue weighted by Crippen LogP contribution is -2.36. The van der Waals surface area contributed by atoms with Crippen LogP contribution in [0.1, 0.15) is 13.3 Å². The summed E-state index contributed by atoms with van der Waals surface area (Å²) in [6.45, 7) is 5.73. The predicted molar refractivity (Wildman–Crippen MR) is 77.8 cm³/mol. The number of likely N-dealkylation sites (N-methyl/N-ethyl adjacent to an activating group) is 1. The van der Waals surface area contributed by atoms with Crippen LogP contribution in [0, 0.1) is 0 Å². The van der Waals surface area contributed by atoms with Crippen molar-refractivity contribution in [3.63, 3.8) is 0 Å². The number of para-hydroxylation sites is 2. The number of halogens is 1. The zero-order valence-electron chi connectivity index (χ0n) is 11.0. The molecule has 0 aliphatic carbocycles. The lowest BCUT2D eigenvalue weighted by Gasteiger charge is -2.28. The second kappa shape index (κ2) is 6.15. The molecule has 5 heteroatoms. The highest BCUT2D eigenvalue weighted by atomic mass is 35.5. The zero-order valence-corrected chi connectivity index (χ0v) is 11.9. The predicted octanol–water partition coefficient (Wildman–Crippen LogP) is 2.37. The molecule has 0 radical (unpaired) electrons. The summed E-state index contributed by atoms with van der Waals surface area (Å²) in [4.78, 5) is 6.85. The highest BCUT2D eigenvalue weighted by Gasteiger charge is 2.25. The van der Waals surface area contributed by atoms with E-state index in [0.717, 1.165) is 43.4 Å². The molecule has 2 aliphatic heterocycles. The van der Waals surface area contributed by atoms with Gasteiger partial charge in [-0.15, -0.1) is 12.4 Å². The lowest BCUT2D eigenvalue weighted by atomic mass is 10.2. The van der Waals surface area contributed by atoms with Crippen LogP contribution in [0.15, 0.2) is 29.3 Å². The summed E-state index contributed by atoms with van der Waals surface area (Å²) in [6, 6.07) is 7.82. The molecule has 0 aromatic heterocycles. The topological polar surface area (TPSA) is 34.1 Å². The van der Waals surface area contributed by atoms with Crippen molar-refractivity contribution in [2.45, 2.75) is 19.4 Å². The van der Waals surface area contributed by atoms with E-state index >= 15 is 0 Å². The zero-order chi connectivity index (χ0) is 12.4. The number of fused-ring (bicyclic) bond motifs is 1. The van der Waals surface area contributed by atoms with Crippen LogP contribution >= 0.6 is 12.4 Å². The van der Waals surface area contributed by atoms with Gasteiger partial charge in [0.1, 0.15) is 18.5 Å². The normalized spacial score (nSPS) is 20.8. The van der Waals surface area contributed by atoms with E-state index in [0.29, 0.717) is 6.61 Å². The third kappa shape index (κ3) is 2.95. The van der Waals surface area contributed by atoms with Gasteiger partial charge in [0.15, 0.2) is 11.5 Å². The van der Waals surface area contributed by atoms with Crippen LogP contribution < -0.4 is 9.47 Å². The molecule has 0 saturated heterocycles. The first-order chi connectivity index (χ1) is 8.86. The minimum absolute atomic E-state index is 0. The van der Waals surface area contributed by atoms with E-state index in [-0.39, 0.29) is 18.5 Å². The van der Waals surface area contributed by atoms with E-state index in [1.54, 1.807) is 0 Å². The van der Waals surface area contributed by atoms with Gasteiger partial charge in [-0.1, -0.05) is 12.1 Å². The highest BCUT2D eigenvalue weighted by Crippen LogP contribution is 2.31. The molecule has 1 unspecified atom stereocenters. The maximum atomic E-state index is 5.95. The summed E-state index contributed by atoms with van der Waals surface area (Å²) in [5, 5.41) is 0. The number of nitrogens with zero attached hydrogens (tertiary/aromatic N) is 2. The fourth-order valence-corrected chi connectivity index (χ4v) is 2.43. The van der Waals surface area contributed by atoms with Gasteiger partial charge >= 0.3 is 0 Å². The molecule has 1 atom stereocenters. The first-order valence-corrected chi connectivity index (χ1v) is 6.53. The standard InChI is InChI=1S/C14H18N2O2.ClH/c1-2-16-8-7-15-14(16)9-11-10-17-12-5-3-4-6-13(12)18-11;/h3-6,11H,2,7-10H2,1H3;1H. The van der Waals surface area contributed by atoms with Crippen LogP contribution in [0.4, 0.5) is 0 Å². The quantitative estimate of drug-likeness (QED) is 0.854.